The van der Waals surface area contributed by atoms with Crippen molar-refractivity contribution < 1.29 is 21.7 Å². The van der Waals surface area contributed by atoms with Crippen LogP contribution in [-0.4, -0.2) is 0 Å². The van der Waals surface area contributed by atoms with Gasteiger partial charge in [0, 0.05) is 26.7 Å². The third-order valence-corrected chi connectivity index (χ3v) is 1.57. The van der Waals surface area contributed by atoms with E-state index in [9.17, 15) is 0 Å². The maximum absolute atomic E-state index is 5.54. The number of benzene rings is 1. The number of allylic oxidation sites excluding steroid dienone is 4. The Labute approximate surface area is 99.2 Å². The molecule has 1 aromatic carbocycles. The van der Waals surface area contributed by atoms with Crippen LogP contribution in [0.3, 0.4) is 0 Å². The molecule has 13 heavy (non-hydrogen) atoms. The van der Waals surface area contributed by atoms with E-state index in [2.05, 4.69) is 12.2 Å². The minimum absolute atomic E-state index is 0. The van der Waals surface area contributed by atoms with Gasteiger partial charge in [-0.15, -0.1) is 6.42 Å². The van der Waals surface area contributed by atoms with Crippen molar-refractivity contribution in [3.63, 3.8) is 0 Å². The Morgan fingerprint density at radius 3 is 2.08 bits per heavy atom. The van der Waals surface area contributed by atoms with E-state index < -0.39 is 0 Å². The van der Waals surface area contributed by atoms with Gasteiger partial charge < -0.3 is 0 Å². The van der Waals surface area contributed by atoms with E-state index in [1.807, 2.05) is 42.5 Å². The fraction of sp³-hybridized carbons (Fsp3) is 0.0909. The van der Waals surface area contributed by atoms with E-state index in [0.29, 0.717) is 0 Å². The van der Waals surface area contributed by atoms with Gasteiger partial charge in [-0.3, -0.25) is 6.08 Å². The van der Waals surface area contributed by atoms with Gasteiger partial charge in [-0.1, -0.05) is 29.8 Å². The summed E-state index contributed by atoms with van der Waals surface area (Å²) in [6.07, 6.45) is 10.0. The van der Waals surface area contributed by atoms with Gasteiger partial charge in [0.2, 0.25) is 0 Å². The zero-order chi connectivity index (χ0) is 8.65. The molecule has 0 N–H and O–H groups in total. The van der Waals surface area contributed by atoms with Crippen LogP contribution >= 0.6 is 11.6 Å². The first kappa shape index (κ1) is 12.7. The number of hydrogen-bond acceptors (Lipinski definition) is 0. The van der Waals surface area contributed by atoms with Gasteiger partial charge in [-0.25, -0.2) is 12.2 Å². The van der Waals surface area contributed by atoms with Crippen LogP contribution < -0.4 is 0 Å². The van der Waals surface area contributed by atoms with Gasteiger partial charge in [0.15, 0.2) is 0 Å². The molecule has 0 aromatic heterocycles. The van der Waals surface area contributed by atoms with Crippen molar-refractivity contribution in [2.45, 2.75) is 6.42 Å². The molecule has 0 atom stereocenters. The van der Waals surface area contributed by atoms with Crippen molar-refractivity contribution in [1.82, 2.24) is 0 Å². The number of halogens is 1. The molecule has 0 radical (unpaired) electrons. The standard InChI is InChI=1S/C6H5Cl.C5H5.Ti/c7-6-4-2-1-3-5-6;1-2-4-5-3-1;/h1-5H;1-3H,4H2;/q;-1;. The van der Waals surface area contributed by atoms with E-state index in [4.69, 9.17) is 11.6 Å². The fourth-order valence-corrected chi connectivity index (χ4v) is 0.900. The van der Waals surface area contributed by atoms with Crippen molar-refractivity contribution in [1.29, 1.82) is 0 Å². The quantitative estimate of drug-likeness (QED) is 0.467. The summed E-state index contributed by atoms with van der Waals surface area (Å²) in [7, 11) is 0. The first-order valence-electron chi connectivity index (χ1n) is 3.82. The van der Waals surface area contributed by atoms with Crippen molar-refractivity contribution in [2.24, 2.45) is 0 Å². The van der Waals surface area contributed by atoms with E-state index in [0.717, 1.165) is 11.4 Å². The molecule has 2 heteroatoms. The molecule has 0 unspecified atom stereocenters. The largest absolute Gasteiger partial charge is 0.273 e. The molecule has 0 amide bonds. The molecule has 0 nitrogen and oxygen atoms in total. The molecule has 1 aromatic rings. The van der Waals surface area contributed by atoms with Gasteiger partial charge in [-0.2, -0.15) is 6.08 Å². The Kier molecular flexibility index (Phi) is 8.12. The van der Waals surface area contributed by atoms with Crippen molar-refractivity contribution >= 4 is 11.6 Å². The van der Waals surface area contributed by atoms with E-state index in [1.54, 1.807) is 0 Å². The van der Waals surface area contributed by atoms with E-state index in [1.165, 1.54) is 0 Å². The minimum Gasteiger partial charge on any atom is -0.273 e. The van der Waals surface area contributed by atoms with Crippen molar-refractivity contribution in [3.8, 4) is 0 Å². The summed E-state index contributed by atoms with van der Waals surface area (Å²) < 4.78 is 0. The summed E-state index contributed by atoms with van der Waals surface area (Å²) in [6.45, 7) is 0. The van der Waals surface area contributed by atoms with Crippen molar-refractivity contribution in [2.75, 3.05) is 0 Å². The molecule has 0 saturated heterocycles. The van der Waals surface area contributed by atoms with Gasteiger partial charge >= 0.3 is 0 Å². The van der Waals surface area contributed by atoms with Gasteiger partial charge in [-0.05, 0) is 12.1 Å². The molecule has 1 aliphatic carbocycles. The SMILES string of the molecule is Clc1ccccc1.[C-]1=CC=CC1.[Ti]. The van der Waals surface area contributed by atoms with E-state index >= 15 is 0 Å². The molecule has 0 fully saturated rings. The monoisotopic (exact) mass is 225 g/mol. The molecular weight excluding hydrogens is 215 g/mol. The summed E-state index contributed by atoms with van der Waals surface area (Å²) in [4.78, 5) is 0. The van der Waals surface area contributed by atoms with Crippen LogP contribution in [0.4, 0.5) is 0 Å². The first-order chi connectivity index (χ1) is 5.89. The average Bonchev–Trinajstić information content (AvgIpc) is 2.62. The summed E-state index contributed by atoms with van der Waals surface area (Å²) in [5.74, 6) is 0. The number of rotatable bonds is 0. The van der Waals surface area contributed by atoms with Crippen LogP contribution in [0.1, 0.15) is 6.42 Å². The molecule has 0 bridgehead atoms. The fourth-order valence-electron chi connectivity index (χ4n) is 0.755. The maximum atomic E-state index is 5.54. The summed E-state index contributed by atoms with van der Waals surface area (Å²) >= 11 is 5.54. The molecule has 66 valence electrons. The zero-order valence-corrected chi connectivity index (χ0v) is 9.52. The first-order valence-corrected chi connectivity index (χ1v) is 4.19. The molecule has 2 rings (SSSR count). The molecule has 0 saturated carbocycles. The van der Waals surface area contributed by atoms with Crippen LogP contribution in [0.15, 0.2) is 48.6 Å². The van der Waals surface area contributed by atoms with Crippen LogP contribution in [0.2, 0.25) is 5.02 Å². The average molecular weight is 226 g/mol. The second-order valence-electron chi connectivity index (χ2n) is 2.30. The summed E-state index contributed by atoms with van der Waals surface area (Å²) in [6, 6.07) is 9.44. The predicted octanol–water partition coefficient (Wildman–Crippen LogP) is 3.64. The molecule has 0 aliphatic heterocycles. The normalized spacial score (nSPS) is 11.5. The molecule has 0 spiro atoms. The Morgan fingerprint density at radius 1 is 1.15 bits per heavy atom. The zero-order valence-electron chi connectivity index (χ0n) is 7.20. The van der Waals surface area contributed by atoms with E-state index in [-0.39, 0.29) is 21.7 Å². The molecular formula is C11H10ClTi-. The number of hydrogen-bond donors (Lipinski definition) is 0. The smallest absolute Gasteiger partial charge is 0.0405 e. The Hall–Kier alpha value is -0.296. The third kappa shape index (κ3) is 6.83. The predicted molar refractivity (Wildman–Crippen MR) is 53.0 cm³/mol. The maximum Gasteiger partial charge on any atom is 0.0405 e. The van der Waals surface area contributed by atoms with Crippen LogP contribution in [0.5, 0.6) is 0 Å². The topological polar surface area (TPSA) is 0 Å². The van der Waals surface area contributed by atoms with Gasteiger partial charge in [0.05, 0.1) is 0 Å². The Balaban J connectivity index is 0.000000215. The third-order valence-electron chi connectivity index (χ3n) is 1.32. The Morgan fingerprint density at radius 2 is 1.85 bits per heavy atom. The Bertz CT molecular complexity index is 255. The van der Waals surface area contributed by atoms with Gasteiger partial charge in [0.1, 0.15) is 0 Å². The van der Waals surface area contributed by atoms with Crippen molar-refractivity contribution in [3.05, 3.63) is 59.7 Å². The minimum atomic E-state index is 0. The van der Waals surface area contributed by atoms with Crippen LogP contribution in [-0.2, 0) is 21.7 Å². The molecule has 0 heterocycles. The van der Waals surface area contributed by atoms with Gasteiger partial charge in [0.25, 0.3) is 0 Å². The summed E-state index contributed by atoms with van der Waals surface area (Å²) in [5.41, 5.74) is 0. The van der Waals surface area contributed by atoms with Crippen LogP contribution in [0.25, 0.3) is 0 Å². The van der Waals surface area contributed by atoms with Crippen LogP contribution in [0, 0.1) is 6.08 Å². The molecule has 1 aliphatic rings. The summed E-state index contributed by atoms with van der Waals surface area (Å²) in [5, 5.41) is 0.794. The second kappa shape index (κ2) is 8.31. The second-order valence-corrected chi connectivity index (χ2v) is 2.74.